The summed E-state index contributed by atoms with van der Waals surface area (Å²) in [6.07, 6.45) is 1.60. The molecule has 0 aliphatic carbocycles. The van der Waals surface area contributed by atoms with Gasteiger partial charge in [0.1, 0.15) is 11.4 Å². The molecule has 4 N–H and O–H groups in total. The molecule has 0 heterocycles. The predicted molar refractivity (Wildman–Crippen MR) is 66.0 cm³/mol. The molecule has 2 unspecified atom stereocenters. The van der Waals surface area contributed by atoms with E-state index >= 15 is 0 Å². The first-order chi connectivity index (χ1) is 7.93. The first-order valence-electron chi connectivity index (χ1n) is 5.76. The lowest BCUT2D eigenvalue weighted by Gasteiger charge is -2.28. The number of nitrogens with two attached hydrogens (primary N) is 1. The van der Waals surface area contributed by atoms with Crippen molar-refractivity contribution >= 4 is 11.7 Å². The quantitative estimate of drug-likeness (QED) is 0.268. The molecular formula is C11H23N3O3. The van der Waals surface area contributed by atoms with E-state index in [0.717, 1.165) is 0 Å². The van der Waals surface area contributed by atoms with Crippen LogP contribution in [0, 0.1) is 0 Å². The molecule has 0 aliphatic heterocycles. The summed E-state index contributed by atoms with van der Waals surface area (Å²) in [5.74, 6) is -0.0761. The molecule has 100 valence electrons. The minimum absolute atomic E-state index is 0.104. The maximum Gasteiger partial charge on any atom is 0.252 e. The average Bonchev–Trinajstić information content (AvgIpc) is 2.36. The van der Waals surface area contributed by atoms with Gasteiger partial charge in [-0.2, -0.15) is 0 Å². The van der Waals surface area contributed by atoms with Crippen molar-refractivity contribution in [1.29, 1.82) is 0 Å². The molecule has 0 aliphatic rings. The first-order valence-corrected chi connectivity index (χ1v) is 5.76. The highest BCUT2D eigenvalue weighted by atomic mass is 16.5. The SMILES string of the molecule is CCC(CC(N)=NO)NC(=O)C(C)(CC)OC. The molecule has 0 aromatic carbocycles. The summed E-state index contributed by atoms with van der Waals surface area (Å²) in [6.45, 7) is 5.54. The van der Waals surface area contributed by atoms with Crippen molar-refractivity contribution in [2.75, 3.05) is 7.11 Å². The smallest absolute Gasteiger partial charge is 0.252 e. The Bertz CT molecular complexity index is 275. The number of carbonyl (C=O) groups excluding carboxylic acids is 1. The maximum atomic E-state index is 12.0. The normalized spacial score (nSPS) is 17.3. The van der Waals surface area contributed by atoms with Gasteiger partial charge >= 0.3 is 0 Å². The molecule has 6 nitrogen and oxygen atoms in total. The van der Waals surface area contributed by atoms with Crippen LogP contribution in [0.5, 0.6) is 0 Å². The molecule has 1 amide bonds. The van der Waals surface area contributed by atoms with E-state index in [0.29, 0.717) is 19.3 Å². The molecule has 2 atom stereocenters. The van der Waals surface area contributed by atoms with Crippen LogP contribution in [0.3, 0.4) is 0 Å². The van der Waals surface area contributed by atoms with E-state index in [4.69, 9.17) is 15.7 Å². The minimum atomic E-state index is -0.835. The summed E-state index contributed by atoms with van der Waals surface area (Å²) in [5.41, 5.74) is 4.58. The fraction of sp³-hybridized carbons (Fsp3) is 0.818. The molecule has 0 rings (SSSR count). The predicted octanol–water partition coefficient (Wildman–Crippen LogP) is 0.833. The van der Waals surface area contributed by atoms with Gasteiger partial charge in [-0.3, -0.25) is 4.79 Å². The van der Waals surface area contributed by atoms with Crippen molar-refractivity contribution in [2.45, 2.75) is 51.7 Å². The lowest BCUT2D eigenvalue weighted by Crippen LogP contribution is -2.50. The van der Waals surface area contributed by atoms with Gasteiger partial charge < -0.3 is 21.0 Å². The van der Waals surface area contributed by atoms with Gasteiger partial charge in [0.2, 0.25) is 0 Å². The Morgan fingerprint density at radius 3 is 2.53 bits per heavy atom. The molecule has 0 fully saturated rings. The van der Waals surface area contributed by atoms with Gasteiger partial charge in [0.25, 0.3) is 5.91 Å². The second kappa shape index (κ2) is 7.11. The minimum Gasteiger partial charge on any atom is -0.409 e. The number of nitrogens with zero attached hydrogens (tertiary/aromatic N) is 1. The Balaban J connectivity index is 4.52. The van der Waals surface area contributed by atoms with Gasteiger partial charge in [-0.15, -0.1) is 0 Å². The number of amidine groups is 1. The fourth-order valence-corrected chi connectivity index (χ4v) is 1.33. The van der Waals surface area contributed by atoms with Gasteiger partial charge in [-0.1, -0.05) is 19.0 Å². The largest absolute Gasteiger partial charge is 0.409 e. The average molecular weight is 245 g/mol. The number of carbonyl (C=O) groups is 1. The van der Waals surface area contributed by atoms with Crippen molar-refractivity contribution in [3.63, 3.8) is 0 Å². The highest BCUT2D eigenvalue weighted by Gasteiger charge is 2.32. The Morgan fingerprint density at radius 1 is 1.59 bits per heavy atom. The van der Waals surface area contributed by atoms with Crippen LogP contribution in [-0.2, 0) is 9.53 Å². The van der Waals surface area contributed by atoms with E-state index in [-0.39, 0.29) is 17.8 Å². The molecule has 0 spiro atoms. The molecule has 0 radical (unpaired) electrons. The van der Waals surface area contributed by atoms with E-state index < -0.39 is 5.60 Å². The fourth-order valence-electron chi connectivity index (χ4n) is 1.33. The number of amides is 1. The van der Waals surface area contributed by atoms with Gasteiger partial charge in [-0.05, 0) is 19.8 Å². The van der Waals surface area contributed by atoms with Crippen molar-refractivity contribution in [3.8, 4) is 0 Å². The zero-order valence-electron chi connectivity index (χ0n) is 11.0. The van der Waals surface area contributed by atoms with E-state index in [1.807, 2.05) is 13.8 Å². The first kappa shape index (κ1) is 15.7. The topological polar surface area (TPSA) is 96.9 Å². The number of methoxy groups -OCH3 is 1. The van der Waals surface area contributed by atoms with E-state index in [1.165, 1.54) is 7.11 Å². The Morgan fingerprint density at radius 2 is 2.18 bits per heavy atom. The molecule has 0 aromatic heterocycles. The van der Waals surface area contributed by atoms with Crippen LogP contribution in [-0.4, -0.2) is 35.7 Å². The van der Waals surface area contributed by atoms with Gasteiger partial charge in [0.15, 0.2) is 0 Å². The van der Waals surface area contributed by atoms with Crippen molar-refractivity contribution in [1.82, 2.24) is 5.32 Å². The lowest BCUT2D eigenvalue weighted by atomic mass is 10.0. The van der Waals surface area contributed by atoms with Crippen molar-refractivity contribution < 1.29 is 14.7 Å². The summed E-state index contributed by atoms with van der Waals surface area (Å²) < 4.78 is 5.20. The molecule has 17 heavy (non-hydrogen) atoms. The number of nitrogens with one attached hydrogen (secondary N) is 1. The zero-order valence-corrected chi connectivity index (χ0v) is 11.0. The Kier molecular flexibility index (Phi) is 6.57. The number of rotatable bonds is 7. The molecular weight excluding hydrogens is 222 g/mol. The number of hydrogen-bond acceptors (Lipinski definition) is 4. The molecule has 0 aromatic rings. The summed E-state index contributed by atoms with van der Waals surface area (Å²) in [4.78, 5) is 12.0. The molecule has 0 saturated carbocycles. The van der Waals surface area contributed by atoms with Gasteiger partial charge in [-0.25, -0.2) is 0 Å². The van der Waals surface area contributed by atoms with Gasteiger partial charge in [0.05, 0.1) is 0 Å². The standard InChI is InChI=1S/C11H23N3O3/c1-5-8(7-9(12)14-16)13-10(15)11(3,6-2)17-4/h8,16H,5-7H2,1-4H3,(H2,12,14)(H,13,15). The molecule has 0 bridgehead atoms. The van der Waals surface area contributed by atoms with Gasteiger partial charge in [0, 0.05) is 19.6 Å². The maximum absolute atomic E-state index is 12.0. The molecule has 0 saturated heterocycles. The van der Waals surface area contributed by atoms with Crippen molar-refractivity contribution in [3.05, 3.63) is 0 Å². The molecule has 6 heteroatoms. The van der Waals surface area contributed by atoms with Crippen LogP contribution in [0.1, 0.15) is 40.0 Å². The van der Waals surface area contributed by atoms with Crippen LogP contribution in [0.4, 0.5) is 0 Å². The highest BCUT2D eigenvalue weighted by molar-refractivity contribution is 5.86. The van der Waals surface area contributed by atoms with Crippen LogP contribution in [0.25, 0.3) is 0 Å². The Hall–Kier alpha value is -1.30. The third kappa shape index (κ3) is 4.60. The highest BCUT2D eigenvalue weighted by Crippen LogP contribution is 2.14. The summed E-state index contributed by atoms with van der Waals surface area (Å²) in [5, 5.41) is 14.2. The Labute approximate surface area is 102 Å². The summed E-state index contributed by atoms with van der Waals surface area (Å²) in [7, 11) is 1.51. The third-order valence-corrected chi connectivity index (χ3v) is 3.02. The summed E-state index contributed by atoms with van der Waals surface area (Å²) in [6, 6.07) is -0.153. The van der Waals surface area contributed by atoms with Crippen LogP contribution in [0.15, 0.2) is 5.16 Å². The second-order valence-electron chi connectivity index (χ2n) is 4.16. The third-order valence-electron chi connectivity index (χ3n) is 3.02. The van der Waals surface area contributed by atoms with Crippen LogP contribution in [0.2, 0.25) is 0 Å². The van der Waals surface area contributed by atoms with E-state index in [2.05, 4.69) is 10.5 Å². The summed E-state index contributed by atoms with van der Waals surface area (Å²) >= 11 is 0. The number of ether oxygens (including phenoxy) is 1. The van der Waals surface area contributed by atoms with Crippen LogP contribution >= 0.6 is 0 Å². The lowest BCUT2D eigenvalue weighted by molar-refractivity contribution is -0.142. The van der Waals surface area contributed by atoms with Crippen molar-refractivity contribution in [2.24, 2.45) is 10.9 Å². The second-order valence-corrected chi connectivity index (χ2v) is 4.16. The van der Waals surface area contributed by atoms with E-state index in [9.17, 15) is 4.79 Å². The number of oxime groups is 1. The van der Waals surface area contributed by atoms with Crippen LogP contribution < -0.4 is 11.1 Å². The zero-order chi connectivity index (χ0) is 13.5. The number of hydrogen-bond donors (Lipinski definition) is 3. The monoisotopic (exact) mass is 245 g/mol. The van der Waals surface area contributed by atoms with E-state index in [1.54, 1.807) is 6.92 Å².